The van der Waals surface area contributed by atoms with Crippen molar-refractivity contribution < 1.29 is 8.42 Å². The second-order valence-electron chi connectivity index (χ2n) is 6.37. The summed E-state index contributed by atoms with van der Waals surface area (Å²) in [5.41, 5.74) is 2.43. The van der Waals surface area contributed by atoms with Gasteiger partial charge in [-0.15, -0.1) is 24.0 Å². The van der Waals surface area contributed by atoms with Gasteiger partial charge < -0.3 is 15.6 Å². The van der Waals surface area contributed by atoms with Crippen LogP contribution < -0.4 is 10.6 Å². The quantitative estimate of drug-likeness (QED) is 0.194. The normalized spacial score (nSPS) is 12.2. The van der Waals surface area contributed by atoms with Crippen LogP contribution in [0.15, 0.2) is 35.5 Å². The maximum atomic E-state index is 11.7. The van der Waals surface area contributed by atoms with Crippen molar-refractivity contribution in [1.82, 2.24) is 19.9 Å². The molecule has 0 radical (unpaired) electrons. The highest BCUT2D eigenvalue weighted by molar-refractivity contribution is 14.0. The first-order chi connectivity index (χ1) is 13.0. The number of guanidine groups is 1. The maximum absolute atomic E-state index is 11.7. The number of nitrogens with one attached hydrogen (secondary N) is 3. The minimum Gasteiger partial charge on any atom is -0.361 e. The lowest BCUT2D eigenvalue weighted by molar-refractivity contribution is 0.465. The monoisotopic (exact) mass is 521 g/mol. The van der Waals surface area contributed by atoms with E-state index < -0.39 is 10.0 Å². The summed E-state index contributed by atoms with van der Waals surface area (Å²) in [6.45, 7) is 6.30. The Balaban J connectivity index is 0.00000392. The minimum atomic E-state index is -3.12. The molecule has 0 bridgehead atoms. The summed E-state index contributed by atoms with van der Waals surface area (Å²) >= 11 is 0. The van der Waals surface area contributed by atoms with E-state index in [0.29, 0.717) is 19.5 Å². The van der Waals surface area contributed by atoms with Crippen LogP contribution in [0.3, 0.4) is 0 Å². The molecular formula is C19H32IN5O2S. The number of nitrogens with zero attached hydrogens (tertiary/aromatic N) is 2. The Morgan fingerprint density at radius 3 is 2.68 bits per heavy atom. The molecule has 1 heterocycles. The van der Waals surface area contributed by atoms with Crippen LogP contribution in [0.25, 0.3) is 10.9 Å². The number of aromatic amines is 1. The first kappa shape index (κ1) is 24.7. The largest absolute Gasteiger partial charge is 0.361 e. The van der Waals surface area contributed by atoms with Crippen molar-refractivity contribution in [3.8, 4) is 0 Å². The Labute approximate surface area is 185 Å². The Bertz CT molecular complexity index is 851. The molecule has 2 rings (SSSR count). The third-order valence-corrected chi connectivity index (χ3v) is 6.31. The van der Waals surface area contributed by atoms with Crippen LogP contribution >= 0.6 is 24.0 Å². The van der Waals surface area contributed by atoms with Crippen LogP contribution in [0.2, 0.25) is 0 Å². The number of fused-ring (bicyclic) bond motifs is 1. The third kappa shape index (κ3) is 7.25. The molecule has 0 fully saturated rings. The Morgan fingerprint density at radius 1 is 1.21 bits per heavy atom. The van der Waals surface area contributed by atoms with Crippen molar-refractivity contribution in [2.24, 2.45) is 4.99 Å². The molecule has 0 amide bonds. The van der Waals surface area contributed by atoms with Crippen LogP contribution in [-0.2, 0) is 16.4 Å². The molecule has 0 unspecified atom stereocenters. The lowest BCUT2D eigenvalue weighted by Crippen LogP contribution is -2.38. The zero-order valence-electron chi connectivity index (χ0n) is 16.9. The predicted octanol–water partition coefficient (Wildman–Crippen LogP) is 2.56. The SMILES string of the molecule is CCNC(=NCCCN(C)S(=O)(=O)CC)NCCc1c[nH]c2ccccc12.I. The Kier molecular flexibility index (Phi) is 10.8. The van der Waals surface area contributed by atoms with E-state index in [1.54, 1.807) is 14.0 Å². The highest BCUT2D eigenvalue weighted by Gasteiger charge is 2.13. The number of rotatable bonds is 10. The number of aliphatic imine (C=N–C) groups is 1. The van der Waals surface area contributed by atoms with E-state index in [-0.39, 0.29) is 29.7 Å². The average molecular weight is 521 g/mol. The lowest BCUT2D eigenvalue weighted by atomic mass is 10.1. The van der Waals surface area contributed by atoms with E-state index in [2.05, 4.69) is 38.9 Å². The van der Waals surface area contributed by atoms with Gasteiger partial charge in [0.25, 0.3) is 0 Å². The maximum Gasteiger partial charge on any atom is 0.213 e. The summed E-state index contributed by atoms with van der Waals surface area (Å²) in [7, 11) is -1.50. The molecule has 0 aliphatic carbocycles. The zero-order chi connectivity index (χ0) is 19.7. The molecule has 0 saturated carbocycles. The summed E-state index contributed by atoms with van der Waals surface area (Å²) in [4.78, 5) is 7.83. The molecule has 1 aromatic heterocycles. The van der Waals surface area contributed by atoms with Gasteiger partial charge in [0.2, 0.25) is 10.0 Å². The zero-order valence-corrected chi connectivity index (χ0v) is 20.0. The fourth-order valence-electron chi connectivity index (χ4n) is 2.84. The summed E-state index contributed by atoms with van der Waals surface area (Å²) in [6, 6.07) is 8.28. The highest BCUT2D eigenvalue weighted by atomic mass is 127. The fraction of sp³-hybridized carbons (Fsp3) is 0.526. The molecule has 0 saturated heterocycles. The highest BCUT2D eigenvalue weighted by Crippen LogP contribution is 2.17. The fourth-order valence-corrected chi connectivity index (χ4v) is 3.69. The summed E-state index contributed by atoms with van der Waals surface area (Å²) in [6.07, 6.45) is 3.64. The smallest absolute Gasteiger partial charge is 0.213 e. The van der Waals surface area contributed by atoms with Crippen molar-refractivity contribution in [1.29, 1.82) is 0 Å². The first-order valence-corrected chi connectivity index (χ1v) is 11.1. The van der Waals surface area contributed by atoms with E-state index in [0.717, 1.165) is 31.0 Å². The van der Waals surface area contributed by atoms with E-state index in [1.165, 1.54) is 15.3 Å². The van der Waals surface area contributed by atoms with Crippen molar-refractivity contribution in [2.45, 2.75) is 26.7 Å². The molecule has 2 aromatic rings. The molecule has 1 aromatic carbocycles. The summed E-state index contributed by atoms with van der Waals surface area (Å²) in [5.74, 6) is 0.892. The standard InChI is InChI=1S/C19H31N5O2S.HI/c1-4-20-19(21-12-8-14-24(3)27(25,26)5-2)22-13-11-16-15-23-18-10-7-6-9-17(16)18;/h6-7,9-10,15,23H,4-5,8,11-14H2,1-3H3,(H2,20,21,22);1H. The Hall–Kier alpha value is -1.33. The van der Waals surface area contributed by atoms with Gasteiger partial charge in [-0.1, -0.05) is 18.2 Å². The molecule has 3 N–H and O–H groups in total. The average Bonchev–Trinajstić information content (AvgIpc) is 3.08. The molecule has 0 aliphatic heterocycles. The number of H-pyrrole nitrogens is 1. The number of aromatic nitrogens is 1. The van der Waals surface area contributed by atoms with Crippen LogP contribution in [-0.4, -0.2) is 62.6 Å². The van der Waals surface area contributed by atoms with Crippen LogP contribution in [0, 0.1) is 0 Å². The van der Waals surface area contributed by atoms with Crippen LogP contribution in [0.4, 0.5) is 0 Å². The van der Waals surface area contributed by atoms with Gasteiger partial charge in [0.15, 0.2) is 5.96 Å². The van der Waals surface area contributed by atoms with Crippen molar-refractivity contribution in [2.75, 3.05) is 39.0 Å². The molecule has 0 atom stereocenters. The van der Waals surface area contributed by atoms with E-state index in [1.807, 2.05) is 19.1 Å². The lowest BCUT2D eigenvalue weighted by Gasteiger charge is -2.15. The van der Waals surface area contributed by atoms with E-state index in [4.69, 9.17) is 0 Å². The van der Waals surface area contributed by atoms with Crippen molar-refractivity contribution >= 4 is 50.9 Å². The van der Waals surface area contributed by atoms with Gasteiger partial charge in [0, 0.05) is 50.3 Å². The van der Waals surface area contributed by atoms with Gasteiger partial charge in [-0.3, -0.25) is 4.99 Å². The number of benzene rings is 1. The van der Waals surface area contributed by atoms with Crippen molar-refractivity contribution in [3.63, 3.8) is 0 Å². The molecule has 28 heavy (non-hydrogen) atoms. The summed E-state index contributed by atoms with van der Waals surface area (Å²) in [5, 5.41) is 7.83. The molecular weight excluding hydrogens is 489 g/mol. The van der Waals surface area contributed by atoms with Gasteiger partial charge >= 0.3 is 0 Å². The van der Waals surface area contributed by atoms with E-state index in [9.17, 15) is 8.42 Å². The number of hydrogen-bond donors (Lipinski definition) is 3. The van der Waals surface area contributed by atoms with Crippen molar-refractivity contribution in [3.05, 3.63) is 36.0 Å². The van der Waals surface area contributed by atoms with Gasteiger partial charge in [-0.05, 0) is 38.3 Å². The molecule has 0 aliphatic rings. The molecule has 7 nitrogen and oxygen atoms in total. The third-order valence-electron chi connectivity index (χ3n) is 4.45. The van der Waals surface area contributed by atoms with Crippen LogP contribution in [0.1, 0.15) is 25.8 Å². The first-order valence-electron chi connectivity index (χ1n) is 9.49. The predicted molar refractivity (Wildman–Crippen MR) is 128 cm³/mol. The van der Waals surface area contributed by atoms with Gasteiger partial charge in [-0.2, -0.15) is 0 Å². The minimum absolute atomic E-state index is 0. The van der Waals surface area contributed by atoms with Gasteiger partial charge in [0.05, 0.1) is 5.75 Å². The topological polar surface area (TPSA) is 89.6 Å². The van der Waals surface area contributed by atoms with E-state index >= 15 is 0 Å². The number of para-hydroxylation sites is 1. The van der Waals surface area contributed by atoms with Gasteiger partial charge in [-0.25, -0.2) is 12.7 Å². The molecule has 0 spiro atoms. The molecule has 9 heteroatoms. The number of halogens is 1. The Morgan fingerprint density at radius 2 is 1.96 bits per heavy atom. The van der Waals surface area contributed by atoms with Crippen LogP contribution in [0.5, 0.6) is 0 Å². The number of hydrogen-bond acceptors (Lipinski definition) is 3. The molecule has 158 valence electrons. The second-order valence-corrected chi connectivity index (χ2v) is 8.74. The van der Waals surface area contributed by atoms with Gasteiger partial charge in [0.1, 0.15) is 0 Å². The summed E-state index contributed by atoms with van der Waals surface area (Å²) < 4.78 is 24.9. The number of sulfonamides is 1. The second kappa shape index (κ2) is 12.3.